The van der Waals surface area contributed by atoms with Gasteiger partial charge in [0, 0.05) is 49.9 Å². The number of alkyl halides is 3. The molecule has 9 nitrogen and oxygen atoms in total. The fraction of sp³-hybridized carbons (Fsp3) is 0.344. The van der Waals surface area contributed by atoms with E-state index in [0.717, 1.165) is 5.56 Å². The van der Waals surface area contributed by atoms with Gasteiger partial charge in [0.1, 0.15) is 11.5 Å². The summed E-state index contributed by atoms with van der Waals surface area (Å²) in [6.07, 6.45) is -2.49. The Morgan fingerprint density at radius 3 is 2.32 bits per heavy atom. The zero-order valence-electron chi connectivity index (χ0n) is 24.0. The van der Waals surface area contributed by atoms with E-state index in [0.29, 0.717) is 42.6 Å². The molecule has 12 heteroatoms. The minimum Gasteiger partial charge on any atom is -0.486 e. The maximum absolute atomic E-state index is 15.0. The van der Waals surface area contributed by atoms with Gasteiger partial charge in [-0.1, -0.05) is 42.5 Å². The van der Waals surface area contributed by atoms with Crippen LogP contribution < -0.4 is 9.47 Å². The van der Waals surface area contributed by atoms with Gasteiger partial charge in [-0.05, 0) is 49.1 Å². The van der Waals surface area contributed by atoms with Crippen molar-refractivity contribution in [2.45, 2.75) is 44.0 Å². The first-order chi connectivity index (χ1) is 20.9. The highest BCUT2D eigenvalue weighted by atomic mass is 19.4. The summed E-state index contributed by atoms with van der Waals surface area (Å²) in [4.78, 5) is 23.7. The molecule has 1 N–H and O–H groups in total. The fourth-order valence-electron chi connectivity index (χ4n) is 5.69. The summed E-state index contributed by atoms with van der Waals surface area (Å²) in [6.45, 7) is 1.32. The first-order valence-corrected chi connectivity index (χ1v) is 14.2. The van der Waals surface area contributed by atoms with Gasteiger partial charge in [0.2, 0.25) is 0 Å². The first-order valence-electron chi connectivity index (χ1n) is 14.2. The van der Waals surface area contributed by atoms with Crippen molar-refractivity contribution < 1.29 is 37.5 Å². The number of nitrogens with zero attached hydrogens (tertiary/aromatic N) is 3. The standard InChI is InChI=1S/C32H32F3N3O6/c1-31(32(33,34)35,21-36-15-13-24(14-16-36)44-29-10-6-5-9-28(29)43-20-30(39)40)26-19-37(18-22-7-3-2-4-8-22)27-17-23(38(41)42)11-12-25(26)27/h2-12,17,19,24H,13-16,18,20-21H2,1H3,(H,39,40). The third-order valence-electron chi connectivity index (χ3n) is 8.06. The van der Waals surface area contributed by atoms with Gasteiger partial charge in [-0.15, -0.1) is 0 Å². The number of nitro groups is 1. The third-order valence-corrected chi connectivity index (χ3v) is 8.06. The highest BCUT2D eigenvalue weighted by molar-refractivity contribution is 5.87. The van der Waals surface area contributed by atoms with Gasteiger partial charge in [0.25, 0.3) is 5.69 Å². The van der Waals surface area contributed by atoms with Gasteiger partial charge in [-0.3, -0.25) is 10.1 Å². The van der Waals surface area contributed by atoms with Crippen molar-refractivity contribution in [1.29, 1.82) is 0 Å². The summed E-state index contributed by atoms with van der Waals surface area (Å²) < 4.78 is 58.1. The highest BCUT2D eigenvalue weighted by Crippen LogP contribution is 2.46. The zero-order valence-corrected chi connectivity index (χ0v) is 24.0. The van der Waals surface area contributed by atoms with Crippen LogP contribution in [0.3, 0.4) is 0 Å². The van der Waals surface area contributed by atoms with Crippen LogP contribution in [0.15, 0.2) is 79.0 Å². The van der Waals surface area contributed by atoms with E-state index < -0.39 is 29.1 Å². The second kappa shape index (κ2) is 12.6. The average molecular weight is 612 g/mol. The molecule has 0 saturated carbocycles. The lowest BCUT2D eigenvalue weighted by molar-refractivity contribution is -0.384. The Labute approximate surface area is 251 Å². The van der Waals surface area contributed by atoms with Gasteiger partial charge in [-0.25, -0.2) is 4.79 Å². The van der Waals surface area contributed by atoms with E-state index >= 15 is 13.2 Å². The van der Waals surface area contributed by atoms with Gasteiger partial charge < -0.3 is 24.0 Å². The van der Waals surface area contributed by atoms with Crippen LogP contribution in [-0.2, 0) is 16.8 Å². The second-order valence-corrected chi connectivity index (χ2v) is 11.2. The van der Waals surface area contributed by atoms with Crippen LogP contribution in [0.25, 0.3) is 10.9 Å². The molecule has 1 aromatic heterocycles. The maximum Gasteiger partial charge on any atom is 0.399 e. The molecule has 44 heavy (non-hydrogen) atoms. The Kier molecular flexibility index (Phi) is 8.82. The number of carboxylic acids is 1. The number of hydrogen-bond acceptors (Lipinski definition) is 6. The monoisotopic (exact) mass is 611 g/mol. The number of carbonyl (C=O) groups is 1. The van der Waals surface area contributed by atoms with Crippen LogP contribution in [0.2, 0.25) is 0 Å². The predicted octanol–water partition coefficient (Wildman–Crippen LogP) is 6.42. The SMILES string of the molecule is CC(CN1CCC(Oc2ccccc2OCC(=O)O)CC1)(c1cn(Cc2ccccc2)c2cc([N+](=O)[O-])ccc12)C(F)(F)F. The molecule has 2 heterocycles. The number of aliphatic carboxylic acids is 1. The van der Waals surface area contributed by atoms with E-state index in [1.165, 1.54) is 31.3 Å². The van der Waals surface area contributed by atoms with E-state index in [2.05, 4.69) is 0 Å². The fourth-order valence-corrected chi connectivity index (χ4v) is 5.69. The maximum atomic E-state index is 15.0. The molecule has 0 radical (unpaired) electrons. The van der Waals surface area contributed by atoms with E-state index in [4.69, 9.17) is 14.6 Å². The van der Waals surface area contributed by atoms with Crippen molar-refractivity contribution in [1.82, 2.24) is 9.47 Å². The number of aromatic nitrogens is 1. The molecular weight excluding hydrogens is 579 g/mol. The number of non-ortho nitro benzene ring substituents is 1. The van der Waals surface area contributed by atoms with Gasteiger partial charge >= 0.3 is 12.1 Å². The Bertz CT molecular complexity index is 1630. The zero-order chi connectivity index (χ0) is 31.5. The van der Waals surface area contributed by atoms with Crippen LogP contribution in [-0.4, -0.2) is 64.0 Å². The number of likely N-dealkylation sites (tertiary alicyclic amines) is 1. The van der Waals surface area contributed by atoms with Crippen molar-refractivity contribution in [3.05, 3.63) is 100 Å². The van der Waals surface area contributed by atoms with Gasteiger partial charge in [0.05, 0.1) is 10.4 Å². The van der Waals surface area contributed by atoms with Crippen molar-refractivity contribution in [3.63, 3.8) is 0 Å². The number of nitro benzene ring substituents is 1. The van der Waals surface area contributed by atoms with Crippen LogP contribution in [0.5, 0.6) is 11.5 Å². The largest absolute Gasteiger partial charge is 0.486 e. The summed E-state index contributed by atoms with van der Waals surface area (Å²) in [5, 5.41) is 20.8. The number of ether oxygens (including phenoxy) is 2. The molecule has 5 rings (SSSR count). The number of para-hydroxylation sites is 2. The van der Waals surface area contributed by atoms with E-state index in [-0.39, 0.29) is 36.2 Å². The first kappa shape index (κ1) is 30.9. The molecule has 1 aliphatic heterocycles. The van der Waals surface area contributed by atoms with Crippen molar-refractivity contribution in [2.75, 3.05) is 26.2 Å². The lowest BCUT2D eigenvalue weighted by Gasteiger charge is -2.40. The lowest BCUT2D eigenvalue weighted by atomic mass is 9.80. The Hall–Kier alpha value is -4.58. The molecule has 0 spiro atoms. The molecule has 1 saturated heterocycles. The summed E-state index contributed by atoms with van der Waals surface area (Å²) in [6, 6.07) is 19.9. The van der Waals surface area contributed by atoms with Gasteiger partial charge in [-0.2, -0.15) is 13.2 Å². The predicted molar refractivity (Wildman–Crippen MR) is 157 cm³/mol. The van der Waals surface area contributed by atoms with Crippen LogP contribution in [0, 0.1) is 10.1 Å². The summed E-state index contributed by atoms with van der Waals surface area (Å²) in [7, 11) is 0. The Morgan fingerprint density at radius 2 is 1.68 bits per heavy atom. The number of hydrogen-bond donors (Lipinski definition) is 1. The number of rotatable bonds is 11. The number of halogens is 3. The normalized spacial score (nSPS) is 16.0. The molecule has 0 aliphatic carbocycles. The smallest absolute Gasteiger partial charge is 0.399 e. The highest BCUT2D eigenvalue weighted by Gasteiger charge is 2.54. The Morgan fingerprint density at radius 1 is 1.02 bits per heavy atom. The average Bonchev–Trinajstić information content (AvgIpc) is 3.35. The molecular formula is C32H32F3N3O6. The number of carboxylic acid groups (broad SMARTS) is 1. The molecule has 1 fully saturated rings. The van der Waals surface area contributed by atoms with Crippen molar-refractivity contribution >= 4 is 22.6 Å². The molecule has 1 atom stereocenters. The summed E-state index contributed by atoms with van der Waals surface area (Å²) >= 11 is 0. The van der Waals surface area contributed by atoms with E-state index in [9.17, 15) is 14.9 Å². The van der Waals surface area contributed by atoms with Crippen molar-refractivity contribution in [3.8, 4) is 11.5 Å². The molecule has 1 aliphatic rings. The van der Waals surface area contributed by atoms with E-state index in [1.54, 1.807) is 33.7 Å². The number of piperidine rings is 1. The van der Waals surface area contributed by atoms with E-state index in [1.807, 2.05) is 30.3 Å². The second-order valence-electron chi connectivity index (χ2n) is 11.2. The number of benzene rings is 3. The van der Waals surface area contributed by atoms with Crippen molar-refractivity contribution in [2.24, 2.45) is 0 Å². The van der Waals surface area contributed by atoms with Crippen LogP contribution in [0.1, 0.15) is 30.9 Å². The van der Waals surface area contributed by atoms with Crippen LogP contribution >= 0.6 is 0 Å². The Balaban J connectivity index is 1.38. The minimum absolute atomic E-state index is 0.0636. The molecule has 1 unspecified atom stereocenters. The van der Waals surface area contributed by atoms with Gasteiger partial charge in [0.15, 0.2) is 18.1 Å². The summed E-state index contributed by atoms with van der Waals surface area (Å²) in [5.74, 6) is -0.455. The number of fused-ring (bicyclic) bond motifs is 1. The molecule has 0 amide bonds. The van der Waals surface area contributed by atoms with Crippen LogP contribution in [0.4, 0.5) is 18.9 Å². The third kappa shape index (κ3) is 6.65. The molecule has 4 aromatic rings. The molecule has 3 aromatic carbocycles. The minimum atomic E-state index is -4.62. The lowest BCUT2D eigenvalue weighted by Crippen LogP contribution is -2.51. The summed E-state index contributed by atoms with van der Waals surface area (Å²) in [5.41, 5.74) is -1.18. The molecule has 232 valence electrons. The quantitative estimate of drug-likeness (QED) is 0.154. The topological polar surface area (TPSA) is 107 Å². The molecule has 0 bridgehead atoms.